The molecule has 2 aromatic carbocycles. The van der Waals surface area contributed by atoms with Crippen LogP contribution in [0.25, 0.3) is 5.69 Å². The quantitative estimate of drug-likeness (QED) is 0.764. The van der Waals surface area contributed by atoms with Crippen LogP contribution in [-0.2, 0) is 16.0 Å². The van der Waals surface area contributed by atoms with E-state index in [1.165, 1.54) is 11.9 Å². The lowest BCUT2D eigenvalue weighted by molar-refractivity contribution is -0.119. The second kappa shape index (κ2) is 7.27. The highest BCUT2D eigenvalue weighted by Gasteiger charge is 2.23. The number of hydrogen-bond donors (Lipinski definition) is 1. The lowest BCUT2D eigenvalue weighted by Crippen LogP contribution is -2.22. The van der Waals surface area contributed by atoms with E-state index in [4.69, 9.17) is 16.3 Å². The van der Waals surface area contributed by atoms with Crippen molar-refractivity contribution in [3.63, 3.8) is 0 Å². The van der Waals surface area contributed by atoms with Gasteiger partial charge in [0, 0.05) is 5.02 Å². The Bertz CT molecular complexity index is 927. The molecule has 1 atom stereocenters. The maximum Gasteiger partial charge on any atom is 0.227 e. The Kier molecular flexibility index (Phi) is 4.69. The molecule has 0 saturated heterocycles. The molecular weight excluding hydrogens is 352 g/mol. The third-order valence-corrected chi connectivity index (χ3v) is 4.60. The lowest BCUT2D eigenvalue weighted by atomic mass is 9.95. The summed E-state index contributed by atoms with van der Waals surface area (Å²) in [6.45, 7) is 0.621. The Morgan fingerprint density at radius 2 is 2.19 bits per heavy atom. The number of ether oxygens (including phenoxy) is 1. The number of anilines is 1. The molecule has 1 unspecified atom stereocenters. The first kappa shape index (κ1) is 16.8. The van der Waals surface area contributed by atoms with Crippen molar-refractivity contribution >= 4 is 23.2 Å². The van der Waals surface area contributed by atoms with Gasteiger partial charge in [-0.05, 0) is 35.7 Å². The molecule has 0 saturated carbocycles. The summed E-state index contributed by atoms with van der Waals surface area (Å²) in [5.74, 6) is -0.143. The number of carbonyl (C=O) groups excluding carboxylic acids is 1. The van der Waals surface area contributed by atoms with E-state index in [0.717, 1.165) is 12.0 Å². The van der Waals surface area contributed by atoms with E-state index < -0.39 is 0 Å². The summed E-state index contributed by atoms with van der Waals surface area (Å²) in [6, 6.07) is 13.3. The minimum atomic E-state index is -0.242. The number of carbonyl (C=O) groups is 1. The van der Waals surface area contributed by atoms with Crippen molar-refractivity contribution < 1.29 is 9.53 Å². The Hall–Kier alpha value is -2.70. The molecule has 132 valence electrons. The van der Waals surface area contributed by atoms with E-state index in [-0.39, 0.29) is 18.4 Å². The van der Waals surface area contributed by atoms with Crippen molar-refractivity contribution in [3.8, 4) is 5.69 Å². The largest absolute Gasteiger partial charge is 0.373 e. The van der Waals surface area contributed by atoms with E-state index in [1.54, 1.807) is 29.2 Å². The Balaban J connectivity index is 1.54. The average Bonchev–Trinajstić information content (AvgIpc) is 3.16. The summed E-state index contributed by atoms with van der Waals surface area (Å²) in [5.41, 5.74) is 3.60. The molecule has 4 rings (SSSR count). The Labute approximate surface area is 155 Å². The fourth-order valence-corrected chi connectivity index (χ4v) is 3.33. The van der Waals surface area contributed by atoms with Crippen molar-refractivity contribution in [2.75, 3.05) is 11.9 Å². The summed E-state index contributed by atoms with van der Waals surface area (Å²) in [4.78, 5) is 16.6. The summed E-state index contributed by atoms with van der Waals surface area (Å²) >= 11 is 6.10. The summed E-state index contributed by atoms with van der Waals surface area (Å²) < 4.78 is 7.41. The molecule has 2 heterocycles. The van der Waals surface area contributed by atoms with Gasteiger partial charge in [-0.15, -0.1) is 0 Å². The number of amides is 1. The summed E-state index contributed by atoms with van der Waals surface area (Å²) in [7, 11) is 0. The van der Waals surface area contributed by atoms with E-state index in [2.05, 4.69) is 21.5 Å². The number of aromatic nitrogens is 3. The number of benzene rings is 2. The smallest absolute Gasteiger partial charge is 0.227 e. The molecule has 1 aliphatic rings. The van der Waals surface area contributed by atoms with Gasteiger partial charge in [0.2, 0.25) is 5.91 Å². The molecule has 1 aliphatic heterocycles. The van der Waals surface area contributed by atoms with Gasteiger partial charge in [0.05, 0.1) is 30.5 Å². The molecular formula is C19H17ClN4O2. The van der Waals surface area contributed by atoms with Crippen LogP contribution in [0.15, 0.2) is 55.1 Å². The van der Waals surface area contributed by atoms with Crippen LogP contribution in [0.5, 0.6) is 0 Å². The van der Waals surface area contributed by atoms with Crippen LogP contribution in [0.1, 0.15) is 23.7 Å². The Morgan fingerprint density at radius 1 is 1.31 bits per heavy atom. The number of halogens is 1. The van der Waals surface area contributed by atoms with Gasteiger partial charge in [-0.2, -0.15) is 5.10 Å². The molecule has 1 N–H and O–H groups in total. The van der Waals surface area contributed by atoms with Crippen molar-refractivity contribution in [2.45, 2.75) is 18.9 Å². The first-order valence-electron chi connectivity index (χ1n) is 8.34. The van der Waals surface area contributed by atoms with Gasteiger partial charge in [-0.1, -0.05) is 35.9 Å². The molecule has 0 spiro atoms. The highest BCUT2D eigenvalue weighted by atomic mass is 35.5. The van der Waals surface area contributed by atoms with Gasteiger partial charge >= 0.3 is 0 Å². The van der Waals surface area contributed by atoms with Crippen LogP contribution in [0, 0.1) is 0 Å². The van der Waals surface area contributed by atoms with Crippen molar-refractivity contribution in [1.82, 2.24) is 14.8 Å². The molecule has 26 heavy (non-hydrogen) atoms. The molecule has 0 bridgehead atoms. The van der Waals surface area contributed by atoms with Gasteiger partial charge in [-0.3, -0.25) is 4.79 Å². The van der Waals surface area contributed by atoms with Gasteiger partial charge < -0.3 is 10.1 Å². The molecule has 1 amide bonds. The van der Waals surface area contributed by atoms with Crippen LogP contribution >= 0.6 is 11.6 Å². The van der Waals surface area contributed by atoms with Gasteiger partial charge in [0.15, 0.2) is 0 Å². The van der Waals surface area contributed by atoms with E-state index in [9.17, 15) is 4.79 Å². The van der Waals surface area contributed by atoms with E-state index >= 15 is 0 Å². The minimum Gasteiger partial charge on any atom is -0.373 e. The fraction of sp³-hybridized carbons (Fsp3) is 0.211. The standard InChI is InChI=1S/C19H17ClN4O2/c20-14-5-6-17(24-12-21-11-22-24)16(9-14)23-19(25)10-18-15-4-2-1-3-13(15)7-8-26-18/h1-6,9,11-12,18H,7-8,10H2,(H,23,25). The highest BCUT2D eigenvalue weighted by Crippen LogP contribution is 2.30. The van der Waals surface area contributed by atoms with Crippen LogP contribution in [0.3, 0.4) is 0 Å². The predicted molar refractivity (Wildman–Crippen MR) is 98.5 cm³/mol. The fourth-order valence-electron chi connectivity index (χ4n) is 3.16. The lowest BCUT2D eigenvalue weighted by Gasteiger charge is -2.25. The number of nitrogens with one attached hydrogen (secondary N) is 1. The van der Waals surface area contributed by atoms with Gasteiger partial charge in [0.1, 0.15) is 12.7 Å². The first-order valence-corrected chi connectivity index (χ1v) is 8.72. The maximum atomic E-state index is 12.6. The second-order valence-electron chi connectivity index (χ2n) is 6.06. The topological polar surface area (TPSA) is 69.0 Å². The maximum absolute atomic E-state index is 12.6. The monoisotopic (exact) mass is 368 g/mol. The number of rotatable bonds is 4. The van der Waals surface area contributed by atoms with E-state index in [0.29, 0.717) is 23.0 Å². The van der Waals surface area contributed by atoms with Crippen molar-refractivity contribution in [2.24, 2.45) is 0 Å². The van der Waals surface area contributed by atoms with Crippen LogP contribution in [-0.4, -0.2) is 27.3 Å². The number of nitrogens with zero attached hydrogens (tertiary/aromatic N) is 3. The average molecular weight is 369 g/mol. The zero-order chi connectivity index (χ0) is 17.9. The highest BCUT2D eigenvalue weighted by molar-refractivity contribution is 6.31. The Morgan fingerprint density at radius 3 is 3.04 bits per heavy atom. The molecule has 0 radical (unpaired) electrons. The summed E-state index contributed by atoms with van der Waals surface area (Å²) in [6.07, 6.45) is 3.88. The molecule has 1 aromatic heterocycles. The summed E-state index contributed by atoms with van der Waals surface area (Å²) in [5, 5.41) is 7.57. The van der Waals surface area contributed by atoms with Crippen molar-refractivity contribution in [1.29, 1.82) is 0 Å². The van der Waals surface area contributed by atoms with Crippen LogP contribution in [0.4, 0.5) is 5.69 Å². The van der Waals surface area contributed by atoms with Gasteiger partial charge in [0.25, 0.3) is 0 Å². The first-order chi connectivity index (χ1) is 12.7. The third kappa shape index (κ3) is 3.47. The second-order valence-corrected chi connectivity index (χ2v) is 6.50. The van der Waals surface area contributed by atoms with E-state index in [1.807, 2.05) is 18.2 Å². The third-order valence-electron chi connectivity index (χ3n) is 4.36. The SMILES string of the molecule is O=C(CC1OCCc2ccccc21)Nc1cc(Cl)ccc1-n1cncn1. The zero-order valence-corrected chi connectivity index (χ0v) is 14.7. The molecule has 0 aliphatic carbocycles. The van der Waals surface area contributed by atoms with Crippen LogP contribution in [0.2, 0.25) is 5.02 Å². The number of hydrogen-bond acceptors (Lipinski definition) is 4. The zero-order valence-electron chi connectivity index (χ0n) is 13.9. The number of fused-ring (bicyclic) bond motifs is 1. The molecule has 6 nitrogen and oxygen atoms in total. The normalized spacial score (nSPS) is 16.1. The minimum absolute atomic E-state index is 0.143. The molecule has 3 aromatic rings. The predicted octanol–water partition coefficient (Wildman–Crippen LogP) is 3.56. The molecule has 0 fully saturated rings. The molecule has 7 heteroatoms. The van der Waals surface area contributed by atoms with Crippen molar-refractivity contribution in [3.05, 3.63) is 71.3 Å². The van der Waals surface area contributed by atoms with Crippen LogP contribution < -0.4 is 5.32 Å². The van der Waals surface area contributed by atoms with Gasteiger partial charge in [-0.25, -0.2) is 9.67 Å².